The summed E-state index contributed by atoms with van der Waals surface area (Å²) in [6.07, 6.45) is 1.81. The third-order valence-electron chi connectivity index (χ3n) is 2.01. The maximum atomic E-state index is 5.62. The zero-order valence-electron chi connectivity index (χ0n) is 9.12. The second-order valence-electron chi connectivity index (χ2n) is 4.31. The van der Waals surface area contributed by atoms with Gasteiger partial charge in [-0.25, -0.2) is 4.68 Å². The molecule has 1 aromatic heterocycles. The number of allylic oxidation sites excluding steroid dienone is 1. The SMILES string of the molecule is C=CCn1nnc(CN)c1C(C)(C)C. The van der Waals surface area contributed by atoms with Gasteiger partial charge in [0.1, 0.15) is 0 Å². The van der Waals surface area contributed by atoms with E-state index in [1.54, 1.807) is 0 Å². The summed E-state index contributed by atoms with van der Waals surface area (Å²) in [5.41, 5.74) is 7.60. The summed E-state index contributed by atoms with van der Waals surface area (Å²) in [6, 6.07) is 0. The highest BCUT2D eigenvalue weighted by atomic mass is 15.4. The lowest BCUT2D eigenvalue weighted by Crippen LogP contribution is -2.21. The monoisotopic (exact) mass is 194 g/mol. The molecule has 1 aromatic rings. The number of aromatic nitrogens is 3. The molecular formula is C10H18N4. The Bertz CT molecular complexity index is 319. The van der Waals surface area contributed by atoms with E-state index in [0.29, 0.717) is 13.1 Å². The maximum Gasteiger partial charge on any atom is 0.1000 e. The lowest BCUT2D eigenvalue weighted by Gasteiger charge is -2.20. The molecule has 0 saturated carbocycles. The molecule has 0 bridgehead atoms. The van der Waals surface area contributed by atoms with Gasteiger partial charge >= 0.3 is 0 Å². The normalized spacial score (nSPS) is 11.7. The first-order valence-corrected chi connectivity index (χ1v) is 4.74. The minimum absolute atomic E-state index is 0.0151. The van der Waals surface area contributed by atoms with Crippen LogP contribution in [0.1, 0.15) is 32.2 Å². The fourth-order valence-corrected chi connectivity index (χ4v) is 1.56. The predicted octanol–water partition coefficient (Wildman–Crippen LogP) is 1.22. The lowest BCUT2D eigenvalue weighted by molar-refractivity contribution is 0.502. The summed E-state index contributed by atoms with van der Waals surface area (Å²) in [5, 5.41) is 8.12. The van der Waals surface area contributed by atoms with Crippen LogP contribution in [0.3, 0.4) is 0 Å². The number of hydrogen-bond donors (Lipinski definition) is 1. The molecule has 0 saturated heterocycles. The summed E-state index contributed by atoms with van der Waals surface area (Å²) in [7, 11) is 0. The van der Waals surface area contributed by atoms with E-state index in [2.05, 4.69) is 37.7 Å². The van der Waals surface area contributed by atoms with E-state index in [1.165, 1.54) is 0 Å². The molecule has 0 aliphatic heterocycles. The molecule has 0 atom stereocenters. The van der Waals surface area contributed by atoms with E-state index in [4.69, 9.17) is 5.73 Å². The van der Waals surface area contributed by atoms with Gasteiger partial charge in [-0.05, 0) is 0 Å². The van der Waals surface area contributed by atoms with Crippen LogP contribution in [0, 0.1) is 0 Å². The van der Waals surface area contributed by atoms with Gasteiger partial charge in [0.2, 0.25) is 0 Å². The van der Waals surface area contributed by atoms with Crippen molar-refractivity contribution in [3.05, 3.63) is 24.0 Å². The molecular weight excluding hydrogens is 176 g/mol. The molecule has 0 aliphatic rings. The first kappa shape index (κ1) is 10.9. The van der Waals surface area contributed by atoms with Gasteiger partial charge < -0.3 is 5.73 Å². The van der Waals surface area contributed by atoms with Crippen LogP contribution >= 0.6 is 0 Å². The van der Waals surface area contributed by atoms with Crippen molar-refractivity contribution in [3.63, 3.8) is 0 Å². The van der Waals surface area contributed by atoms with Gasteiger partial charge in [-0.2, -0.15) is 0 Å². The smallest absolute Gasteiger partial charge is 0.1000 e. The van der Waals surface area contributed by atoms with Crippen molar-refractivity contribution in [2.45, 2.75) is 39.3 Å². The van der Waals surface area contributed by atoms with Gasteiger partial charge in [0, 0.05) is 12.0 Å². The van der Waals surface area contributed by atoms with Crippen LogP contribution in [0.15, 0.2) is 12.7 Å². The van der Waals surface area contributed by atoms with Crippen LogP contribution in [0.4, 0.5) is 0 Å². The fraction of sp³-hybridized carbons (Fsp3) is 0.600. The molecule has 0 fully saturated rings. The molecule has 1 rings (SSSR count). The molecule has 4 nitrogen and oxygen atoms in total. The summed E-state index contributed by atoms with van der Waals surface area (Å²) in [5.74, 6) is 0. The van der Waals surface area contributed by atoms with Crippen molar-refractivity contribution < 1.29 is 0 Å². The first-order valence-electron chi connectivity index (χ1n) is 4.74. The zero-order valence-corrected chi connectivity index (χ0v) is 9.12. The van der Waals surface area contributed by atoms with E-state index >= 15 is 0 Å². The van der Waals surface area contributed by atoms with Gasteiger partial charge in [0.05, 0.1) is 17.9 Å². The highest BCUT2D eigenvalue weighted by Gasteiger charge is 2.23. The van der Waals surface area contributed by atoms with Gasteiger partial charge in [0.15, 0.2) is 0 Å². The Kier molecular flexibility index (Phi) is 3.06. The zero-order chi connectivity index (χ0) is 10.8. The molecule has 0 aliphatic carbocycles. The molecule has 0 radical (unpaired) electrons. The average molecular weight is 194 g/mol. The topological polar surface area (TPSA) is 56.7 Å². The van der Waals surface area contributed by atoms with Crippen LogP contribution in [0.5, 0.6) is 0 Å². The summed E-state index contributed by atoms with van der Waals surface area (Å²) in [4.78, 5) is 0. The summed E-state index contributed by atoms with van der Waals surface area (Å²) >= 11 is 0. The number of hydrogen-bond acceptors (Lipinski definition) is 3. The molecule has 1 heterocycles. The average Bonchev–Trinajstić information content (AvgIpc) is 2.47. The minimum Gasteiger partial charge on any atom is -0.325 e. The summed E-state index contributed by atoms with van der Waals surface area (Å²) in [6.45, 7) is 11.2. The fourth-order valence-electron chi connectivity index (χ4n) is 1.56. The Hall–Kier alpha value is -1.16. The number of nitrogens with zero attached hydrogens (tertiary/aromatic N) is 3. The van der Waals surface area contributed by atoms with E-state index in [0.717, 1.165) is 11.4 Å². The Balaban J connectivity index is 3.19. The summed E-state index contributed by atoms with van der Waals surface area (Å²) < 4.78 is 1.86. The number of rotatable bonds is 3. The van der Waals surface area contributed by atoms with Crippen LogP contribution in [-0.2, 0) is 18.5 Å². The number of nitrogens with two attached hydrogens (primary N) is 1. The molecule has 14 heavy (non-hydrogen) atoms. The first-order chi connectivity index (χ1) is 6.50. The third kappa shape index (κ3) is 2.01. The lowest BCUT2D eigenvalue weighted by atomic mass is 9.90. The molecule has 0 aromatic carbocycles. The van der Waals surface area contributed by atoms with Gasteiger partial charge in [0.25, 0.3) is 0 Å². The molecule has 78 valence electrons. The minimum atomic E-state index is 0.0151. The van der Waals surface area contributed by atoms with Crippen molar-refractivity contribution >= 4 is 0 Å². The standard InChI is InChI=1S/C10H18N4/c1-5-6-14-9(10(2,3)4)8(7-11)12-13-14/h5H,1,6-7,11H2,2-4H3. The predicted molar refractivity (Wildman–Crippen MR) is 56.8 cm³/mol. The van der Waals surface area contributed by atoms with Crippen molar-refractivity contribution in [1.82, 2.24) is 15.0 Å². The quantitative estimate of drug-likeness (QED) is 0.736. The Morgan fingerprint density at radius 2 is 2.14 bits per heavy atom. The Morgan fingerprint density at radius 1 is 1.50 bits per heavy atom. The van der Waals surface area contributed by atoms with E-state index < -0.39 is 0 Å². The van der Waals surface area contributed by atoms with Crippen LogP contribution in [-0.4, -0.2) is 15.0 Å². The second kappa shape index (κ2) is 3.92. The van der Waals surface area contributed by atoms with Crippen LogP contribution in [0.25, 0.3) is 0 Å². The molecule has 0 unspecified atom stereocenters. The van der Waals surface area contributed by atoms with E-state index in [9.17, 15) is 0 Å². The molecule has 4 heteroatoms. The highest BCUT2D eigenvalue weighted by Crippen LogP contribution is 2.24. The van der Waals surface area contributed by atoms with Gasteiger partial charge in [-0.3, -0.25) is 0 Å². The Labute approximate surface area is 84.8 Å². The molecule has 0 spiro atoms. The van der Waals surface area contributed by atoms with Gasteiger partial charge in [-0.15, -0.1) is 11.7 Å². The largest absolute Gasteiger partial charge is 0.325 e. The molecule has 0 amide bonds. The van der Waals surface area contributed by atoms with Crippen molar-refractivity contribution in [3.8, 4) is 0 Å². The second-order valence-corrected chi connectivity index (χ2v) is 4.31. The van der Waals surface area contributed by atoms with Gasteiger partial charge in [-0.1, -0.05) is 32.1 Å². The van der Waals surface area contributed by atoms with E-state index in [-0.39, 0.29) is 5.41 Å². The van der Waals surface area contributed by atoms with E-state index in [1.807, 2.05) is 10.8 Å². The molecule has 2 N–H and O–H groups in total. The Morgan fingerprint density at radius 3 is 2.57 bits per heavy atom. The third-order valence-corrected chi connectivity index (χ3v) is 2.01. The van der Waals surface area contributed by atoms with Crippen molar-refractivity contribution in [2.75, 3.05) is 0 Å². The van der Waals surface area contributed by atoms with Crippen molar-refractivity contribution in [2.24, 2.45) is 5.73 Å². The highest BCUT2D eigenvalue weighted by molar-refractivity contribution is 5.19. The van der Waals surface area contributed by atoms with Crippen molar-refractivity contribution in [1.29, 1.82) is 0 Å². The van der Waals surface area contributed by atoms with Crippen LogP contribution < -0.4 is 5.73 Å². The maximum absolute atomic E-state index is 5.62. The van der Waals surface area contributed by atoms with Crippen LogP contribution in [0.2, 0.25) is 0 Å².